The number of nitrogens with zero attached hydrogens (tertiary/aromatic N) is 2. The molecule has 0 saturated carbocycles. The number of fused-ring (bicyclic) bond motifs is 1. The van der Waals surface area contributed by atoms with Crippen molar-refractivity contribution in [2.45, 2.75) is 50.8 Å². The van der Waals surface area contributed by atoms with Gasteiger partial charge in [0, 0.05) is 0 Å². The van der Waals surface area contributed by atoms with E-state index >= 15 is 0 Å². The van der Waals surface area contributed by atoms with E-state index in [1.165, 1.54) is 5.56 Å². The predicted octanol–water partition coefficient (Wildman–Crippen LogP) is 0.253. The fourth-order valence-electron chi connectivity index (χ4n) is 4.67. The molecule has 1 fully saturated rings. The Morgan fingerprint density at radius 1 is 1.36 bits per heavy atom. The predicted molar refractivity (Wildman–Crippen MR) is 138 cm³/mol. The molecular formula is C21H28ClI2N6O2S-. The summed E-state index contributed by atoms with van der Waals surface area (Å²) in [5.74, 6) is 6.63. The summed E-state index contributed by atoms with van der Waals surface area (Å²) in [5.41, 5.74) is 4.78. The van der Waals surface area contributed by atoms with Crippen molar-refractivity contribution in [3.63, 3.8) is 0 Å². The summed E-state index contributed by atoms with van der Waals surface area (Å²) < 4.78 is 16.8. The van der Waals surface area contributed by atoms with Crippen LogP contribution in [0.25, 0.3) is 0 Å². The third-order valence-corrected chi connectivity index (χ3v) is 12.4. The molecule has 2 aliphatic rings. The Bertz CT molecular complexity index is 1130. The van der Waals surface area contributed by atoms with Crippen molar-refractivity contribution in [2.75, 3.05) is 23.4 Å². The molecule has 2 heterocycles. The zero-order chi connectivity index (χ0) is 24.0. The molecule has 12 heteroatoms. The van der Waals surface area contributed by atoms with Crippen molar-refractivity contribution >= 4 is 53.0 Å². The molecule has 2 aromatic rings. The number of halogens is 3. The van der Waals surface area contributed by atoms with Gasteiger partial charge in [0.15, 0.2) is 0 Å². The van der Waals surface area contributed by atoms with Gasteiger partial charge >= 0.3 is 190 Å². The average Bonchev–Trinajstić information content (AvgIpc) is 3.05. The van der Waals surface area contributed by atoms with Crippen LogP contribution < -0.4 is 43.7 Å². The molecule has 33 heavy (non-hydrogen) atoms. The van der Waals surface area contributed by atoms with Crippen molar-refractivity contribution in [1.82, 2.24) is 14.7 Å². The van der Waals surface area contributed by atoms with Crippen LogP contribution in [0.4, 0.5) is 11.8 Å². The fraction of sp³-hybridized carbons (Fsp3) is 0.524. The Hall–Kier alpha value is -0.480. The van der Waals surface area contributed by atoms with Gasteiger partial charge in [0.25, 0.3) is 0 Å². The number of nitrogens with one attached hydrogen (secondary N) is 3. The molecule has 182 valence electrons. The van der Waals surface area contributed by atoms with Gasteiger partial charge in [-0.3, -0.25) is 0 Å². The molecule has 5 N–H and O–H groups in total. The van der Waals surface area contributed by atoms with Gasteiger partial charge in [-0.2, -0.15) is 0 Å². The van der Waals surface area contributed by atoms with Crippen LogP contribution in [-0.2, 0) is 17.4 Å². The number of nitrogen functional groups attached to an aromatic ring is 1. The van der Waals surface area contributed by atoms with Gasteiger partial charge in [-0.15, -0.1) is 0 Å². The quantitative estimate of drug-likeness (QED) is 0.201. The molecule has 1 aliphatic carbocycles. The maximum absolute atomic E-state index is 13.1. The number of hydrogen-bond donors (Lipinski definition) is 4. The van der Waals surface area contributed by atoms with Crippen LogP contribution >= 0.6 is 30.2 Å². The van der Waals surface area contributed by atoms with Crippen LogP contribution in [0, 0.1) is 8.99 Å². The van der Waals surface area contributed by atoms with Gasteiger partial charge in [-0.25, -0.2) is 0 Å². The van der Waals surface area contributed by atoms with E-state index in [0.717, 1.165) is 37.9 Å². The molecule has 1 saturated heterocycles. The van der Waals surface area contributed by atoms with Gasteiger partial charge in [-0.05, 0) is 20.8 Å². The number of hydrogen-bond acceptors (Lipinski definition) is 6. The summed E-state index contributed by atoms with van der Waals surface area (Å²) in [6, 6.07) is 5.99. The van der Waals surface area contributed by atoms with Crippen LogP contribution in [0.2, 0.25) is 5.02 Å². The van der Waals surface area contributed by atoms with E-state index < -0.39 is 28.2 Å². The molecular weight excluding hydrogens is 690 g/mol. The number of piperidine rings is 1. The Kier molecular flexibility index (Phi) is 7.66. The van der Waals surface area contributed by atoms with E-state index in [1.54, 1.807) is 0 Å². The van der Waals surface area contributed by atoms with Crippen LogP contribution in [0.15, 0.2) is 23.0 Å². The molecule has 1 aromatic carbocycles. The van der Waals surface area contributed by atoms with Gasteiger partial charge in [0.1, 0.15) is 0 Å². The molecule has 1 aliphatic heterocycles. The van der Waals surface area contributed by atoms with Gasteiger partial charge < -0.3 is 0 Å². The standard InChI is InChI=1S/C21H28ClI2N6O2S/c1-20(2,3)33(32)29-16-14-10-13(22)5-4-12(14)11-21(16)6-8-30(9-7-21)19-26-17(28-25)15(24-23)18(31)27-19/h4-5,10,16,29H,6-9,11,25H2,1-3H3,(H2,26,27,28,31)/q-1/t16-,33+/m1/s1. The number of H-pyrrole nitrogens is 1. The first kappa shape index (κ1) is 25.6. The van der Waals surface area contributed by atoms with Crippen LogP contribution in [-0.4, -0.2) is 32.0 Å². The zero-order valence-electron chi connectivity index (χ0n) is 18.7. The topological polar surface area (TPSA) is 116 Å². The molecule has 2 atom stereocenters. The minimum atomic E-state index is -1.21. The SMILES string of the molecule is CC(C)(C)[S@](=O)N[C@@H]1c2cc(Cl)ccc2CC12CCN(c1nc(NN)c([I-]I)c(=O)[nH]1)CC2. The Morgan fingerprint density at radius 2 is 2.06 bits per heavy atom. The van der Waals surface area contributed by atoms with Crippen molar-refractivity contribution in [3.05, 3.63) is 48.3 Å². The number of aromatic amines is 1. The summed E-state index contributed by atoms with van der Waals surface area (Å²) in [5, 5.41) is 0.693. The van der Waals surface area contributed by atoms with Crippen molar-refractivity contribution < 1.29 is 21.4 Å². The average molecular weight is 718 g/mol. The summed E-state index contributed by atoms with van der Waals surface area (Å²) >= 11 is 8.10. The van der Waals surface area contributed by atoms with Crippen molar-refractivity contribution in [3.8, 4) is 0 Å². The zero-order valence-corrected chi connectivity index (χ0v) is 24.6. The monoisotopic (exact) mass is 717 g/mol. The summed E-state index contributed by atoms with van der Waals surface area (Å²) in [6.07, 6.45) is 2.65. The maximum atomic E-state index is 13.1. The molecule has 0 amide bonds. The molecule has 0 radical (unpaired) electrons. The van der Waals surface area contributed by atoms with E-state index in [4.69, 9.17) is 17.4 Å². The van der Waals surface area contributed by atoms with Crippen LogP contribution in [0.5, 0.6) is 0 Å². The molecule has 0 bridgehead atoms. The number of aromatic nitrogens is 2. The third-order valence-electron chi connectivity index (χ3n) is 6.47. The van der Waals surface area contributed by atoms with Gasteiger partial charge in [-0.1, -0.05) is 11.6 Å². The Labute approximate surface area is 221 Å². The van der Waals surface area contributed by atoms with E-state index in [0.29, 0.717) is 20.4 Å². The number of nitrogens with two attached hydrogens (primary N) is 1. The normalized spacial score (nSPS) is 20.8. The molecule has 4 rings (SSSR count). The third kappa shape index (κ3) is 5.08. The summed E-state index contributed by atoms with van der Waals surface area (Å²) in [7, 11) is -1.21. The van der Waals surface area contributed by atoms with E-state index in [2.05, 4.69) is 49.7 Å². The molecule has 1 spiro atoms. The Balaban J connectivity index is 1.61. The van der Waals surface area contributed by atoms with Crippen molar-refractivity contribution in [2.24, 2.45) is 11.3 Å². The number of benzene rings is 1. The molecule has 0 unspecified atom stereocenters. The second-order valence-electron chi connectivity index (χ2n) is 9.57. The van der Waals surface area contributed by atoms with E-state index in [9.17, 15) is 9.00 Å². The summed E-state index contributed by atoms with van der Waals surface area (Å²) in [6.45, 7) is 7.39. The van der Waals surface area contributed by atoms with Gasteiger partial charge in [0.2, 0.25) is 0 Å². The number of anilines is 2. The number of rotatable bonds is 5. The molecule has 8 nitrogen and oxygen atoms in total. The first-order valence-electron chi connectivity index (χ1n) is 10.7. The minimum absolute atomic E-state index is 0.0483. The fourth-order valence-corrected chi connectivity index (χ4v) is 9.12. The second-order valence-corrected chi connectivity index (χ2v) is 16.2. The molecule has 1 aromatic heterocycles. The first-order chi connectivity index (χ1) is 15.6. The second kappa shape index (κ2) is 9.88. The van der Waals surface area contributed by atoms with Crippen LogP contribution in [0.3, 0.4) is 0 Å². The van der Waals surface area contributed by atoms with E-state index in [1.807, 2.05) is 32.9 Å². The van der Waals surface area contributed by atoms with Gasteiger partial charge in [0.05, 0.1) is 0 Å². The van der Waals surface area contributed by atoms with E-state index in [-0.39, 0.29) is 21.8 Å². The number of hydrazine groups is 1. The summed E-state index contributed by atoms with van der Waals surface area (Å²) in [4.78, 5) is 22.2. The van der Waals surface area contributed by atoms with Crippen molar-refractivity contribution in [1.29, 1.82) is 0 Å². The van der Waals surface area contributed by atoms with Crippen LogP contribution in [0.1, 0.15) is 50.8 Å². The first-order valence-corrected chi connectivity index (χ1v) is 19.6. The Morgan fingerprint density at radius 3 is 2.67 bits per heavy atom.